The summed E-state index contributed by atoms with van der Waals surface area (Å²) in [5.41, 5.74) is 2.08. The number of carbonyl (C=O) groups is 1. The molecule has 0 N–H and O–H groups in total. The maximum atomic E-state index is 12.9. The molecule has 0 saturated heterocycles. The average Bonchev–Trinajstić information content (AvgIpc) is 2.04. The summed E-state index contributed by atoms with van der Waals surface area (Å²) in [6.07, 6.45) is 1.18. The van der Waals surface area contributed by atoms with E-state index in [9.17, 15) is 9.18 Å². The number of benzene rings is 1. The topological polar surface area (TPSA) is 17.1 Å². The fraction of sp³-hybridized carbons (Fsp3) is 0.364. The zero-order chi connectivity index (χ0) is 9.42. The lowest BCUT2D eigenvalue weighted by atomic mass is 9.77. The first-order valence-electron chi connectivity index (χ1n) is 4.44. The molecule has 0 radical (unpaired) electrons. The van der Waals surface area contributed by atoms with Gasteiger partial charge in [0.25, 0.3) is 0 Å². The highest BCUT2D eigenvalue weighted by molar-refractivity contribution is 5.86. The van der Waals surface area contributed by atoms with Gasteiger partial charge in [0.05, 0.1) is 0 Å². The molecule has 1 aliphatic rings. The first-order valence-corrected chi connectivity index (χ1v) is 4.44. The Morgan fingerprint density at radius 2 is 2.08 bits per heavy atom. The Morgan fingerprint density at radius 1 is 1.38 bits per heavy atom. The summed E-state index contributed by atoms with van der Waals surface area (Å²) < 4.78 is 12.9. The molecular weight excluding hydrogens is 167 g/mol. The van der Waals surface area contributed by atoms with E-state index in [1.54, 1.807) is 12.1 Å². The highest BCUT2D eigenvalue weighted by Gasteiger charge is 2.28. The first-order chi connectivity index (χ1) is 6.16. The Hall–Kier alpha value is -1.18. The molecule has 0 aliphatic heterocycles. The van der Waals surface area contributed by atoms with Crippen LogP contribution in [0.3, 0.4) is 0 Å². The molecule has 2 heteroatoms. The highest BCUT2D eigenvalue weighted by atomic mass is 19.1. The molecule has 0 spiro atoms. The normalized spacial score (nSPS) is 17.2. The molecule has 0 heterocycles. The lowest BCUT2D eigenvalue weighted by Crippen LogP contribution is -2.21. The van der Waals surface area contributed by atoms with Gasteiger partial charge in [-0.05, 0) is 36.1 Å². The van der Waals surface area contributed by atoms with Crippen LogP contribution in [0.5, 0.6) is 0 Å². The van der Waals surface area contributed by atoms with Crippen LogP contribution in [0.1, 0.15) is 29.9 Å². The van der Waals surface area contributed by atoms with E-state index in [2.05, 4.69) is 0 Å². The number of Topliss-reactive ketones (excluding diaryl/α,β-unsaturated/α-hetero) is 1. The van der Waals surface area contributed by atoms with Crippen LogP contribution in [0.4, 0.5) is 4.39 Å². The fourth-order valence-corrected chi connectivity index (χ4v) is 1.76. The monoisotopic (exact) mass is 178 g/mol. The first kappa shape index (κ1) is 8.42. The number of ketones is 1. The van der Waals surface area contributed by atoms with Crippen molar-refractivity contribution in [1.29, 1.82) is 0 Å². The molecule has 1 aliphatic carbocycles. The van der Waals surface area contributed by atoms with Gasteiger partial charge in [0, 0.05) is 12.8 Å². The second-order valence-corrected chi connectivity index (χ2v) is 3.64. The van der Waals surface area contributed by atoms with Crippen molar-refractivity contribution in [2.24, 2.45) is 0 Å². The molecule has 1 aromatic carbocycles. The third-order valence-corrected chi connectivity index (χ3v) is 2.63. The van der Waals surface area contributed by atoms with Crippen LogP contribution >= 0.6 is 0 Å². The summed E-state index contributed by atoms with van der Waals surface area (Å²) in [5.74, 6) is 0.344. The van der Waals surface area contributed by atoms with Crippen molar-refractivity contribution >= 4 is 5.78 Å². The van der Waals surface area contributed by atoms with Crippen molar-refractivity contribution in [1.82, 2.24) is 0 Å². The Morgan fingerprint density at radius 3 is 2.69 bits per heavy atom. The molecule has 0 amide bonds. The summed E-state index contributed by atoms with van der Waals surface area (Å²) in [4.78, 5) is 10.8. The summed E-state index contributed by atoms with van der Waals surface area (Å²) in [6, 6.07) is 4.78. The van der Waals surface area contributed by atoms with Crippen molar-refractivity contribution in [2.45, 2.75) is 25.7 Å². The zero-order valence-corrected chi connectivity index (χ0v) is 7.51. The lowest BCUT2D eigenvalue weighted by Gasteiger charge is -2.25. The van der Waals surface area contributed by atoms with Gasteiger partial charge in [0.2, 0.25) is 0 Å². The van der Waals surface area contributed by atoms with Crippen LogP contribution in [0.15, 0.2) is 18.2 Å². The van der Waals surface area contributed by atoms with Gasteiger partial charge in [-0.1, -0.05) is 6.07 Å². The summed E-state index contributed by atoms with van der Waals surface area (Å²) >= 11 is 0. The molecule has 13 heavy (non-hydrogen) atoms. The second-order valence-electron chi connectivity index (χ2n) is 3.64. The molecule has 0 unspecified atom stereocenters. The fourth-order valence-electron chi connectivity index (χ4n) is 1.76. The van der Waals surface area contributed by atoms with Crippen molar-refractivity contribution in [3.05, 3.63) is 35.1 Å². The molecule has 0 aromatic heterocycles. The van der Waals surface area contributed by atoms with E-state index in [1.165, 1.54) is 6.07 Å². The van der Waals surface area contributed by atoms with Gasteiger partial charge in [-0.15, -0.1) is 0 Å². The number of rotatable bonds is 1. The zero-order valence-electron chi connectivity index (χ0n) is 7.51. The minimum absolute atomic E-state index is 0.208. The maximum Gasteiger partial charge on any atom is 0.134 e. The van der Waals surface area contributed by atoms with E-state index >= 15 is 0 Å². The van der Waals surface area contributed by atoms with Gasteiger partial charge in [-0.25, -0.2) is 4.39 Å². The third-order valence-electron chi connectivity index (χ3n) is 2.63. The molecule has 0 atom stereocenters. The van der Waals surface area contributed by atoms with Gasteiger partial charge in [-0.3, -0.25) is 4.79 Å². The number of hydrogen-bond acceptors (Lipinski definition) is 1. The highest BCUT2D eigenvalue weighted by Crippen LogP contribution is 2.35. The van der Waals surface area contributed by atoms with E-state index in [4.69, 9.17) is 0 Å². The van der Waals surface area contributed by atoms with E-state index in [0.29, 0.717) is 12.8 Å². The van der Waals surface area contributed by atoms with E-state index in [1.807, 2.05) is 6.92 Å². The molecule has 1 nitrogen and oxygen atoms in total. The summed E-state index contributed by atoms with van der Waals surface area (Å²) in [5, 5.41) is 0. The Balaban J connectivity index is 2.29. The van der Waals surface area contributed by atoms with Crippen LogP contribution < -0.4 is 0 Å². The smallest absolute Gasteiger partial charge is 0.134 e. The predicted octanol–water partition coefficient (Wildman–Crippen LogP) is 2.58. The molecule has 1 aromatic rings. The van der Waals surface area contributed by atoms with Gasteiger partial charge >= 0.3 is 0 Å². The van der Waals surface area contributed by atoms with Crippen LogP contribution in [0, 0.1) is 12.7 Å². The van der Waals surface area contributed by atoms with Gasteiger partial charge in [0.15, 0.2) is 0 Å². The number of hydrogen-bond donors (Lipinski definition) is 0. The quantitative estimate of drug-likeness (QED) is 0.646. The Kier molecular flexibility index (Phi) is 1.91. The van der Waals surface area contributed by atoms with Crippen LogP contribution in [-0.4, -0.2) is 5.78 Å². The Labute approximate surface area is 76.6 Å². The van der Waals surface area contributed by atoms with Crippen molar-refractivity contribution in [3.8, 4) is 0 Å². The van der Waals surface area contributed by atoms with E-state index < -0.39 is 0 Å². The largest absolute Gasteiger partial charge is 0.300 e. The average molecular weight is 178 g/mol. The SMILES string of the molecule is Cc1ccc(F)cc1C1CC(=O)C1. The molecule has 68 valence electrons. The minimum Gasteiger partial charge on any atom is -0.300 e. The molecule has 1 saturated carbocycles. The predicted molar refractivity (Wildman–Crippen MR) is 48.1 cm³/mol. The van der Waals surface area contributed by atoms with Crippen molar-refractivity contribution in [3.63, 3.8) is 0 Å². The minimum atomic E-state index is -0.208. The van der Waals surface area contributed by atoms with Crippen LogP contribution in [-0.2, 0) is 4.79 Å². The number of aryl methyl sites for hydroxylation is 1. The van der Waals surface area contributed by atoms with Crippen molar-refractivity contribution < 1.29 is 9.18 Å². The molecule has 1 fully saturated rings. The molecule has 0 bridgehead atoms. The van der Waals surface area contributed by atoms with Gasteiger partial charge in [-0.2, -0.15) is 0 Å². The second kappa shape index (κ2) is 2.95. The van der Waals surface area contributed by atoms with Gasteiger partial charge in [0.1, 0.15) is 11.6 Å². The summed E-state index contributed by atoms with van der Waals surface area (Å²) in [6.45, 7) is 1.96. The standard InChI is InChI=1S/C11H11FO/c1-7-2-3-9(12)6-11(7)8-4-10(13)5-8/h2-3,6,8H,4-5H2,1H3. The van der Waals surface area contributed by atoms with Gasteiger partial charge < -0.3 is 0 Å². The van der Waals surface area contributed by atoms with Crippen molar-refractivity contribution in [2.75, 3.05) is 0 Å². The van der Waals surface area contributed by atoms with Crippen LogP contribution in [0.2, 0.25) is 0 Å². The molecular formula is C11H11FO. The van der Waals surface area contributed by atoms with E-state index in [-0.39, 0.29) is 17.5 Å². The van der Waals surface area contributed by atoms with E-state index in [0.717, 1.165) is 11.1 Å². The maximum absolute atomic E-state index is 12.9. The van der Waals surface area contributed by atoms with Crippen LogP contribution in [0.25, 0.3) is 0 Å². The third kappa shape index (κ3) is 1.48. The lowest BCUT2D eigenvalue weighted by molar-refractivity contribution is -0.124. The Bertz CT molecular complexity index is 349. The molecule has 2 rings (SSSR count). The number of carbonyl (C=O) groups excluding carboxylic acids is 1. The summed E-state index contributed by atoms with van der Waals surface area (Å²) in [7, 11) is 0. The number of halogens is 1.